The predicted octanol–water partition coefficient (Wildman–Crippen LogP) is 4.24. The van der Waals surface area contributed by atoms with Crippen LogP contribution in [0.1, 0.15) is 16.3 Å². The SMILES string of the molecule is Cc1ccc(S(=O)(=O)Nc2ccc(Oc3ccc(-n4cnc(C)c4C)nn3)cc2)s1. The van der Waals surface area contributed by atoms with Crippen LogP contribution in [-0.2, 0) is 10.0 Å². The molecule has 4 aromatic rings. The smallest absolute Gasteiger partial charge is 0.271 e. The molecule has 1 N–H and O–H groups in total. The molecular formula is C20H19N5O3S2. The van der Waals surface area contributed by atoms with E-state index in [1.54, 1.807) is 54.9 Å². The average molecular weight is 442 g/mol. The summed E-state index contributed by atoms with van der Waals surface area (Å²) < 4.78 is 35.2. The van der Waals surface area contributed by atoms with Gasteiger partial charge in [0.2, 0.25) is 5.88 Å². The minimum Gasteiger partial charge on any atom is -0.438 e. The number of hydrogen-bond acceptors (Lipinski definition) is 7. The Balaban J connectivity index is 1.44. The highest BCUT2D eigenvalue weighted by atomic mass is 32.2. The first-order chi connectivity index (χ1) is 14.3. The molecule has 10 heteroatoms. The maximum absolute atomic E-state index is 12.4. The van der Waals surface area contributed by atoms with E-state index >= 15 is 0 Å². The molecule has 0 spiro atoms. The zero-order valence-corrected chi connectivity index (χ0v) is 18.2. The van der Waals surface area contributed by atoms with Gasteiger partial charge in [-0.1, -0.05) is 0 Å². The number of sulfonamides is 1. The molecule has 3 aromatic heterocycles. The average Bonchev–Trinajstić information content (AvgIpc) is 3.31. The van der Waals surface area contributed by atoms with Gasteiger partial charge in [-0.2, -0.15) is 0 Å². The lowest BCUT2D eigenvalue weighted by Crippen LogP contribution is -2.11. The van der Waals surface area contributed by atoms with Gasteiger partial charge in [-0.25, -0.2) is 13.4 Å². The summed E-state index contributed by atoms with van der Waals surface area (Å²) in [4.78, 5) is 5.19. The number of rotatable bonds is 6. The number of anilines is 1. The van der Waals surface area contributed by atoms with Crippen LogP contribution in [0.3, 0.4) is 0 Å². The van der Waals surface area contributed by atoms with E-state index in [1.807, 2.05) is 25.3 Å². The van der Waals surface area contributed by atoms with Gasteiger partial charge in [0, 0.05) is 22.3 Å². The van der Waals surface area contributed by atoms with Crippen LogP contribution in [0.2, 0.25) is 0 Å². The first-order valence-corrected chi connectivity index (χ1v) is 11.3. The second kappa shape index (κ2) is 7.88. The summed E-state index contributed by atoms with van der Waals surface area (Å²) in [5.74, 6) is 1.49. The number of aromatic nitrogens is 4. The van der Waals surface area contributed by atoms with E-state index in [9.17, 15) is 8.42 Å². The van der Waals surface area contributed by atoms with E-state index < -0.39 is 10.0 Å². The molecule has 0 amide bonds. The Morgan fingerprint density at radius 2 is 1.73 bits per heavy atom. The molecule has 1 aromatic carbocycles. The summed E-state index contributed by atoms with van der Waals surface area (Å²) >= 11 is 1.22. The highest BCUT2D eigenvalue weighted by Crippen LogP contribution is 2.26. The lowest BCUT2D eigenvalue weighted by Gasteiger charge is -2.09. The molecule has 4 rings (SSSR count). The largest absolute Gasteiger partial charge is 0.438 e. The van der Waals surface area contributed by atoms with Crippen LogP contribution in [0.5, 0.6) is 11.6 Å². The third kappa shape index (κ3) is 4.19. The van der Waals surface area contributed by atoms with Gasteiger partial charge in [-0.3, -0.25) is 9.29 Å². The van der Waals surface area contributed by atoms with Gasteiger partial charge >= 0.3 is 0 Å². The minimum atomic E-state index is -3.60. The first-order valence-electron chi connectivity index (χ1n) is 9.04. The summed E-state index contributed by atoms with van der Waals surface area (Å²) in [5.41, 5.74) is 2.37. The molecule has 8 nitrogen and oxygen atoms in total. The van der Waals surface area contributed by atoms with Gasteiger partial charge in [0.15, 0.2) is 5.82 Å². The number of nitrogens with one attached hydrogen (secondary N) is 1. The molecule has 154 valence electrons. The van der Waals surface area contributed by atoms with Gasteiger partial charge in [0.25, 0.3) is 10.0 Å². The van der Waals surface area contributed by atoms with E-state index in [-0.39, 0.29) is 4.21 Å². The highest BCUT2D eigenvalue weighted by molar-refractivity contribution is 7.94. The number of nitrogens with zero attached hydrogens (tertiary/aromatic N) is 4. The van der Waals surface area contributed by atoms with Crippen molar-refractivity contribution in [1.29, 1.82) is 0 Å². The lowest BCUT2D eigenvalue weighted by atomic mass is 10.3. The molecule has 0 aliphatic carbocycles. The first kappa shape index (κ1) is 20.0. The molecule has 0 fully saturated rings. The van der Waals surface area contributed by atoms with Crippen molar-refractivity contribution in [2.75, 3.05) is 4.72 Å². The summed E-state index contributed by atoms with van der Waals surface area (Å²) in [5, 5.41) is 8.27. The fourth-order valence-corrected chi connectivity index (χ4v) is 5.04. The number of benzene rings is 1. The molecular weight excluding hydrogens is 422 g/mol. The van der Waals surface area contributed by atoms with Crippen molar-refractivity contribution >= 4 is 27.0 Å². The van der Waals surface area contributed by atoms with E-state index in [0.717, 1.165) is 16.3 Å². The Kier molecular flexibility index (Phi) is 5.27. The summed E-state index contributed by atoms with van der Waals surface area (Å²) in [6.45, 7) is 5.76. The van der Waals surface area contributed by atoms with Crippen LogP contribution in [-0.4, -0.2) is 28.2 Å². The van der Waals surface area contributed by atoms with Crippen LogP contribution in [0.4, 0.5) is 5.69 Å². The monoisotopic (exact) mass is 441 g/mol. The van der Waals surface area contributed by atoms with Gasteiger partial charge in [0.1, 0.15) is 16.3 Å². The van der Waals surface area contributed by atoms with Gasteiger partial charge in [0.05, 0.1) is 5.69 Å². The Bertz CT molecular complexity index is 1280. The molecule has 30 heavy (non-hydrogen) atoms. The number of ether oxygens (including phenoxy) is 1. The lowest BCUT2D eigenvalue weighted by molar-refractivity contribution is 0.454. The van der Waals surface area contributed by atoms with Gasteiger partial charge in [-0.15, -0.1) is 21.5 Å². The zero-order valence-electron chi connectivity index (χ0n) is 16.5. The van der Waals surface area contributed by atoms with Crippen molar-refractivity contribution in [3.8, 4) is 17.4 Å². The molecule has 0 aliphatic rings. The molecule has 0 unspecified atom stereocenters. The van der Waals surface area contributed by atoms with E-state index in [4.69, 9.17) is 4.74 Å². The molecule has 0 saturated carbocycles. The van der Waals surface area contributed by atoms with Gasteiger partial charge < -0.3 is 4.74 Å². The molecule has 0 radical (unpaired) electrons. The molecule has 0 saturated heterocycles. The maximum atomic E-state index is 12.4. The number of imidazole rings is 1. The van der Waals surface area contributed by atoms with Crippen LogP contribution in [0, 0.1) is 20.8 Å². The molecule has 0 bridgehead atoms. The normalized spacial score (nSPS) is 11.4. The molecule has 0 atom stereocenters. The zero-order chi connectivity index (χ0) is 21.3. The number of thiophene rings is 1. The fraction of sp³-hybridized carbons (Fsp3) is 0.150. The van der Waals surface area contributed by atoms with Crippen molar-refractivity contribution in [3.05, 3.63) is 71.1 Å². The third-order valence-electron chi connectivity index (χ3n) is 4.43. The van der Waals surface area contributed by atoms with Crippen LogP contribution in [0.25, 0.3) is 5.82 Å². The van der Waals surface area contributed by atoms with Crippen LogP contribution in [0.15, 0.2) is 59.1 Å². The van der Waals surface area contributed by atoms with Crippen molar-refractivity contribution in [2.24, 2.45) is 0 Å². The van der Waals surface area contributed by atoms with Crippen molar-refractivity contribution in [2.45, 2.75) is 25.0 Å². The summed E-state index contributed by atoms with van der Waals surface area (Å²) in [7, 11) is -3.60. The predicted molar refractivity (Wildman–Crippen MR) is 115 cm³/mol. The number of aryl methyl sites for hydroxylation is 2. The second-order valence-electron chi connectivity index (χ2n) is 6.61. The number of hydrogen-bond donors (Lipinski definition) is 1. The Labute approximate surface area is 178 Å². The Morgan fingerprint density at radius 3 is 2.30 bits per heavy atom. The van der Waals surface area contributed by atoms with Crippen LogP contribution < -0.4 is 9.46 Å². The minimum absolute atomic E-state index is 0.277. The molecule has 0 aliphatic heterocycles. The standard InChI is InChI=1S/C20H19N5O3S2/c1-13-4-11-20(29-13)30(26,27)24-16-5-7-17(8-6-16)28-19-10-9-18(22-23-19)25-12-21-14(2)15(25)3/h4-12,24H,1-3H3. The van der Waals surface area contributed by atoms with Crippen molar-refractivity contribution in [1.82, 2.24) is 19.7 Å². The quantitative estimate of drug-likeness (QED) is 0.480. The summed E-state index contributed by atoms with van der Waals surface area (Å²) in [6, 6.07) is 13.5. The van der Waals surface area contributed by atoms with Crippen molar-refractivity contribution in [3.63, 3.8) is 0 Å². The van der Waals surface area contributed by atoms with E-state index in [1.165, 1.54) is 11.3 Å². The van der Waals surface area contributed by atoms with E-state index in [0.29, 0.717) is 23.1 Å². The van der Waals surface area contributed by atoms with E-state index in [2.05, 4.69) is 19.9 Å². The molecule has 3 heterocycles. The van der Waals surface area contributed by atoms with Crippen molar-refractivity contribution < 1.29 is 13.2 Å². The Hall–Kier alpha value is -3.24. The fourth-order valence-electron chi connectivity index (χ4n) is 2.70. The maximum Gasteiger partial charge on any atom is 0.271 e. The second-order valence-corrected chi connectivity index (χ2v) is 9.81. The highest BCUT2D eigenvalue weighted by Gasteiger charge is 2.16. The summed E-state index contributed by atoms with van der Waals surface area (Å²) in [6.07, 6.45) is 1.70. The van der Waals surface area contributed by atoms with Gasteiger partial charge in [-0.05, 0) is 63.2 Å². The Morgan fingerprint density at radius 1 is 0.967 bits per heavy atom. The topological polar surface area (TPSA) is 99.0 Å². The third-order valence-corrected chi connectivity index (χ3v) is 7.31. The van der Waals surface area contributed by atoms with Crippen LogP contribution >= 0.6 is 11.3 Å².